The quantitative estimate of drug-likeness (QED) is 0.750. The van der Waals surface area contributed by atoms with Crippen molar-refractivity contribution in [2.75, 3.05) is 21.3 Å². The van der Waals surface area contributed by atoms with Crippen LogP contribution in [0.1, 0.15) is 12.5 Å². The van der Waals surface area contributed by atoms with Crippen LogP contribution in [-0.4, -0.2) is 21.3 Å². The molecule has 0 aliphatic heterocycles. The van der Waals surface area contributed by atoms with Crippen LogP contribution in [0.3, 0.4) is 0 Å². The number of methoxy groups -OCH3 is 3. The van der Waals surface area contributed by atoms with Gasteiger partial charge in [-0.25, -0.2) is 0 Å². The Hall–Kier alpha value is -2.15. The molecule has 0 aliphatic rings. The SMILES string of the molecule is COc1cc(/C(C)=C\C#N)cc(OC)c1OC. The van der Waals surface area contributed by atoms with E-state index in [1.165, 1.54) is 6.08 Å². The van der Waals surface area contributed by atoms with Crippen molar-refractivity contribution >= 4 is 5.57 Å². The van der Waals surface area contributed by atoms with E-state index >= 15 is 0 Å². The largest absolute Gasteiger partial charge is 0.493 e. The van der Waals surface area contributed by atoms with Gasteiger partial charge >= 0.3 is 0 Å². The number of ether oxygens (including phenoxy) is 3. The zero-order valence-corrected chi connectivity index (χ0v) is 10.4. The Balaban J connectivity index is 3.38. The molecule has 0 saturated heterocycles. The second kappa shape index (κ2) is 5.80. The van der Waals surface area contributed by atoms with Crippen LogP contribution in [0.5, 0.6) is 17.2 Å². The topological polar surface area (TPSA) is 51.5 Å². The van der Waals surface area contributed by atoms with Gasteiger partial charge in [-0.2, -0.15) is 5.26 Å². The summed E-state index contributed by atoms with van der Waals surface area (Å²) in [6.45, 7) is 1.85. The number of hydrogen-bond donors (Lipinski definition) is 0. The molecule has 0 unspecified atom stereocenters. The molecule has 0 aromatic heterocycles. The summed E-state index contributed by atoms with van der Waals surface area (Å²) in [5.41, 5.74) is 1.70. The zero-order valence-electron chi connectivity index (χ0n) is 10.4. The van der Waals surface area contributed by atoms with Gasteiger partial charge in [0.15, 0.2) is 11.5 Å². The molecule has 1 aromatic rings. The molecule has 4 heteroatoms. The second-order valence-electron chi connectivity index (χ2n) is 3.37. The summed E-state index contributed by atoms with van der Waals surface area (Å²) in [5.74, 6) is 1.70. The van der Waals surface area contributed by atoms with Crippen molar-refractivity contribution in [3.8, 4) is 23.3 Å². The lowest BCUT2D eigenvalue weighted by Gasteiger charge is -2.14. The van der Waals surface area contributed by atoms with Crippen molar-refractivity contribution in [2.24, 2.45) is 0 Å². The van der Waals surface area contributed by atoms with E-state index in [0.29, 0.717) is 17.2 Å². The van der Waals surface area contributed by atoms with E-state index in [0.717, 1.165) is 11.1 Å². The fourth-order valence-electron chi connectivity index (χ4n) is 1.49. The number of benzene rings is 1. The molecule has 0 bridgehead atoms. The van der Waals surface area contributed by atoms with Crippen LogP contribution in [0, 0.1) is 11.3 Å². The molecule has 0 saturated carbocycles. The fourth-order valence-corrected chi connectivity index (χ4v) is 1.49. The summed E-state index contributed by atoms with van der Waals surface area (Å²) >= 11 is 0. The average molecular weight is 233 g/mol. The Labute approximate surface area is 101 Å². The highest BCUT2D eigenvalue weighted by molar-refractivity contribution is 5.71. The first-order chi connectivity index (χ1) is 8.17. The van der Waals surface area contributed by atoms with Gasteiger partial charge in [0, 0.05) is 6.08 Å². The minimum Gasteiger partial charge on any atom is -0.493 e. The molecule has 0 aliphatic carbocycles. The molecule has 17 heavy (non-hydrogen) atoms. The van der Waals surface area contributed by atoms with Crippen molar-refractivity contribution in [2.45, 2.75) is 6.92 Å². The Morgan fingerprint density at radius 1 is 1.12 bits per heavy atom. The lowest BCUT2D eigenvalue weighted by atomic mass is 10.1. The Kier molecular flexibility index (Phi) is 4.41. The van der Waals surface area contributed by atoms with E-state index in [2.05, 4.69) is 0 Å². The van der Waals surface area contributed by atoms with E-state index in [9.17, 15) is 0 Å². The first kappa shape index (κ1) is 12.9. The third-order valence-corrected chi connectivity index (χ3v) is 2.40. The Bertz CT molecular complexity index is 447. The van der Waals surface area contributed by atoms with E-state index in [4.69, 9.17) is 19.5 Å². The van der Waals surface area contributed by atoms with Gasteiger partial charge in [0.1, 0.15) is 0 Å². The molecular weight excluding hydrogens is 218 g/mol. The smallest absolute Gasteiger partial charge is 0.203 e. The van der Waals surface area contributed by atoms with Crippen molar-refractivity contribution in [3.05, 3.63) is 23.8 Å². The third-order valence-electron chi connectivity index (χ3n) is 2.40. The number of allylic oxidation sites excluding steroid dienone is 2. The highest BCUT2D eigenvalue weighted by Crippen LogP contribution is 2.39. The van der Waals surface area contributed by atoms with Crippen LogP contribution in [0.25, 0.3) is 5.57 Å². The molecule has 0 amide bonds. The van der Waals surface area contributed by atoms with Gasteiger partial charge in [-0.15, -0.1) is 0 Å². The summed E-state index contributed by atoms with van der Waals surface area (Å²) in [7, 11) is 4.67. The van der Waals surface area contributed by atoms with Gasteiger partial charge in [-0.1, -0.05) is 0 Å². The summed E-state index contributed by atoms with van der Waals surface area (Å²) in [6.07, 6.45) is 1.47. The molecule has 0 fully saturated rings. The first-order valence-corrected chi connectivity index (χ1v) is 5.04. The predicted molar refractivity (Wildman–Crippen MR) is 65.4 cm³/mol. The minimum absolute atomic E-state index is 0.545. The number of hydrogen-bond acceptors (Lipinski definition) is 4. The van der Waals surface area contributed by atoms with Gasteiger partial charge in [-0.05, 0) is 30.2 Å². The van der Waals surface area contributed by atoms with Gasteiger partial charge < -0.3 is 14.2 Å². The van der Waals surface area contributed by atoms with Crippen LogP contribution in [0.2, 0.25) is 0 Å². The van der Waals surface area contributed by atoms with Crippen LogP contribution in [0.4, 0.5) is 0 Å². The first-order valence-electron chi connectivity index (χ1n) is 5.04. The number of nitriles is 1. The van der Waals surface area contributed by atoms with Gasteiger partial charge in [-0.3, -0.25) is 0 Å². The van der Waals surface area contributed by atoms with Gasteiger partial charge in [0.25, 0.3) is 0 Å². The highest BCUT2D eigenvalue weighted by Gasteiger charge is 2.13. The van der Waals surface area contributed by atoms with E-state index < -0.39 is 0 Å². The maximum atomic E-state index is 8.64. The van der Waals surface area contributed by atoms with E-state index in [-0.39, 0.29) is 0 Å². The molecule has 90 valence electrons. The molecule has 0 atom stereocenters. The average Bonchev–Trinajstić information content (AvgIpc) is 2.37. The fraction of sp³-hybridized carbons (Fsp3) is 0.308. The highest BCUT2D eigenvalue weighted by atomic mass is 16.5. The molecule has 0 radical (unpaired) electrons. The van der Waals surface area contributed by atoms with Gasteiger partial charge in [0.05, 0.1) is 27.4 Å². The summed E-state index contributed by atoms with van der Waals surface area (Å²) in [6, 6.07) is 5.61. The monoisotopic (exact) mass is 233 g/mol. The maximum absolute atomic E-state index is 8.64. The maximum Gasteiger partial charge on any atom is 0.203 e. The van der Waals surface area contributed by atoms with Gasteiger partial charge in [0.2, 0.25) is 5.75 Å². The number of nitrogens with zero attached hydrogens (tertiary/aromatic N) is 1. The van der Waals surface area contributed by atoms with Crippen LogP contribution in [-0.2, 0) is 0 Å². The molecule has 0 heterocycles. The zero-order chi connectivity index (χ0) is 12.8. The van der Waals surface area contributed by atoms with Crippen LogP contribution < -0.4 is 14.2 Å². The summed E-state index contributed by atoms with van der Waals surface area (Å²) < 4.78 is 15.7. The number of rotatable bonds is 4. The normalized spacial score (nSPS) is 10.6. The van der Waals surface area contributed by atoms with E-state index in [1.54, 1.807) is 21.3 Å². The Morgan fingerprint density at radius 3 is 2.00 bits per heavy atom. The third kappa shape index (κ3) is 2.70. The lowest BCUT2D eigenvalue weighted by molar-refractivity contribution is 0.324. The van der Waals surface area contributed by atoms with Crippen molar-refractivity contribution < 1.29 is 14.2 Å². The summed E-state index contributed by atoms with van der Waals surface area (Å²) in [5, 5.41) is 8.64. The second-order valence-corrected chi connectivity index (χ2v) is 3.37. The molecular formula is C13H15NO3. The Morgan fingerprint density at radius 2 is 1.65 bits per heavy atom. The minimum atomic E-state index is 0.545. The van der Waals surface area contributed by atoms with Crippen molar-refractivity contribution in [1.29, 1.82) is 5.26 Å². The van der Waals surface area contributed by atoms with E-state index in [1.807, 2.05) is 25.1 Å². The van der Waals surface area contributed by atoms with Crippen LogP contribution >= 0.6 is 0 Å². The predicted octanol–water partition coefficient (Wildman–Crippen LogP) is 2.64. The molecule has 4 nitrogen and oxygen atoms in total. The molecule has 1 aromatic carbocycles. The molecule has 0 spiro atoms. The molecule has 0 N–H and O–H groups in total. The lowest BCUT2D eigenvalue weighted by Crippen LogP contribution is -1.96. The van der Waals surface area contributed by atoms with Crippen molar-refractivity contribution in [1.82, 2.24) is 0 Å². The summed E-state index contributed by atoms with van der Waals surface area (Å²) in [4.78, 5) is 0. The standard InChI is InChI=1S/C13H15NO3/c1-9(5-6-14)10-7-11(15-2)13(17-4)12(8-10)16-3/h5,7-8H,1-4H3/b9-5-. The van der Waals surface area contributed by atoms with Crippen molar-refractivity contribution in [3.63, 3.8) is 0 Å². The molecule has 1 rings (SSSR count). The van der Waals surface area contributed by atoms with Crippen LogP contribution in [0.15, 0.2) is 18.2 Å².